The van der Waals surface area contributed by atoms with Gasteiger partial charge in [0.25, 0.3) is 0 Å². The number of aliphatic hydroxyl groups excluding tert-OH is 1. The Morgan fingerprint density at radius 1 is 1.47 bits per heavy atom. The second-order valence-corrected chi connectivity index (χ2v) is 4.82. The molecule has 17 heavy (non-hydrogen) atoms. The Hall–Kier alpha value is -1.46. The van der Waals surface area contributed by atoms with Gasteiger partial charge in [-0.2, -0.15) is 0 Å². The highest BCUT2D eigenvalue weighted by Gasteiger charge is 2.24. The fourth-order valence-electron chi connectivity index (χ4n) is 2.12. The van der Waals surface area contributed by atoms with Crippen molar-refractivity contribution in [3.05, 3.63) is 29.3 Å². The Kier molecular flexibility index (Phi) is 3.71. The quantitative estimate of drug-likeness (QED) is 0.783. The molecule has 1 saturated carbocycles. The molecular weight excluding hydrogens is 210 g/mol. The molecule has 1 N–H and O–H groups in total. The van der Waals surface area contributed by atoms with E-state index in [1.807, 2.05) is 13.0 Å². The van der Waals surface area contributed by atoms with Crippen LogP contribution in [0.25, 0.3) is 0 Å². The third-order valence-electron chi connectivity index (χ3n) is 3.20. The maximum Gasteiger partial charge on any atom is 0.0791 e. The van der Waals surface area contributed by atoms with Crippen LogP contribution in [0.3, 0.4) is 0 Å². The number of hydrogen-bond donors (Lipinski definition) is 1. The standard InChI is InChI=1S/C15H19NO/c1-3-8-16(10-13-5-6-13)15-7-4-12(2)9-14(15)11-17/h1,4,7,9,13,17H,5-6,8,10-11H2,2H3. The Balaban J connectivity index is 2.23. The highest BCUT2D eigenvalue weighted by molar-refractivity contribution is 5.55. The van der Waals surface area contributed by atoms with E-state index in [4.69, 9.17) is 6.42 Å². The van der Waals surface area contributed by atoms with Crippen molar-refractivity contribution in [1.29, 1.82) is 0 Å². The van der Waals surface area contributed by atoms with Crippen LogP contribution in [-0.2, 0) is 6.61 Å². The van der Waals surface area contributed by atoms with Crippen LogP contribution < -0.4 is 4.90 Å². The molecule has 0 saturated heterocycles. The van der Waals surface area contributed by atoms with Gasteiger partial charge in [0.1, 0.15) is 0 Å². The molecule has 2 nitrogen and oxygen atoms in total. The van der Waals surface area contributed by atoms with Gasteiger partial charge in [-0.05, 0) is 31.7 Å². The third-order valence-corrected chi connectivity index (χ3v) is 3.20. The minimum atomic E-state index is 0.0722. The molecule has 0 heterocycles. The summed E-state index contributed by atoms with van der Waals surface area (Å²) in [6.45, 7) is 3.74. The second-order valence-electron chi connectivity index (χ2n) is 4.82. The number of hydrogen-bond acceptors (Lipinski definition) is 2. The molecule has 2 rings (SSSR count). The molecule has 1 aliphatic rings. The molecule has 1 aliphatic carbocycles. The van der Waals surface area contributed by atoms with E-state index in [-0.39, 0.29) is 6.61 Å². The molecule has 1 aromatic carbocycles. The lowest BCUT2D eigenvalue weighted by Crippen LogP contribution is -2.27. The van der Waals surface area contributed by atoms with E-state index in [1.165, 1.54) is 18.4 Å². The molecule has 0 unspecified atom stereocenters. The van der Waals surface area contributed by atoms with Gasteiger partial charge in [-0.1, -0.05) is 23.6 Å². The molecule has 1 aromatic rings. The number of rotatable bonds is 5. The first-order chi connectivity index (χ1) is 8.24. The first kappa shape index (κ1) is 12.0. The largest absolute Gasteiger partial charge is 0.392 e. The Morgan fingerprint density at radius 2 is 2.24 bits per heavy atom. The lowest BCUT2D eigenvalue weighted by atomic mass is 10.1. The fraction of sp³-hybridized carbons (Fsp3) is 0.467. The Morgan fingerprint density at radius 3 is 2.82 bits per heavy atom. The van der Waals surface area contributed by atoms with Crippen molar-refractivity contribution >= 4 is 5.69 Å². The molecule has 0 aliphatic heterocycles. The molecular formula is C15H19NO. The lowest BCUT2D eigenvalue weighted by molar-refractivity contribution is 0.282. The van der Waals surface area contributed by atoms with Crippen molar-refractivity contribution in [2.24, 2.45) is 5.92 Å². The highest BCUT2D eigenvalue weighted by atomic mass is 16.3. The van der Waals surface area contributed by atoms with Crippen molar-refractivity contribution < 1.29 is 5.11 Å². The van der Waals surface area contributed by atoms with Crippen molar-refractivity contribution in [3.8, 4) is 12.3 Å². The zero-order chi connectivity index (χ0) is 12.3. The van der Waals surface area contributed by atoms with Gasteiger partial charge in [0.2, 0.25) is 0 Å². The highest BCUT2D eigenvalue weighted by Crippen LogP contribution is 2.32. The van der Waals surface area contributed by atoms with Gasteiger partial charge in [-0.25, -0.2) is 0 Å². The van der Waals surface area contributed by atoms with E-state index in [0.717, 1.165) is 23.7 Å². The average molecular weight is 229 g/mol. The van der Waals surface area contributed by atoms with Crippen molar-refractivity contribution in [2.75, 3.05) is 18.0 Å². The normalized spacial score (nSPS) is 14.4. The number of aryl methyl sites for hydroxylation is 1. The topological polar surface area (TPSA) is 23.5 Å². The Labute approximate surface area is 103 Å². The number of terminal acetylenes is 1. The maximum atomic E-state index is 9.43. The van der Waals surface area contributed by atoms with Crippen LogP contribution >= 0.6 is 0 Å². The zero-order valence-corrected chi connectivity index (χ0v) is 10.3. The summed E-state index contributed by atoms with van der Waals surface area (Å²) in [5, 5.41) is 9.43. The monoisotopic (exact) mass is 229 g/mol. The van der Waals surface area contributed by atoms with E-state index in [0.29, 0.717) is 6.54 Å². The molecule has 0 radical (unpaired) electrons. The molecule has 90 valence electrons. The van der Waals surface area contributed by atoms with Crippen LogP contribution in [-0.4, -0.2) is 18.2 Å². The minimum Gasteiger partial charge on any atom is -0.392 e. The van der Waals surface area contributed by atoms with E-state index in [2.05, 4.69) is 23.0 Å². The number of anilines is 1. The van der Waals surface area contributed by atoms with Gasteiger partial charge in [0.15, 0.2) is 0 Å². The zero-order valence-electron chi connectivity index (χ0n) is 10.3. The summed E-state index contributed by atoms with van der Waals surface area (Å²) in [5.41, 5.74) is 3.23. The van der Waals surface area contributed by atoms with Crippen molar-refractivity contribution in [2.45, 2.75) is 26.4 Å². The molecule has 0 aromatic heterocycles. The number of benzene rings is 1. The van der Waals surface area contributed by atoms with Crippen LogP contribution in [0.2, 0.25) is 0 Å². The van der Waals surface area contributed by atoms with Crippen LogP contribution in [0.1, 0.15) is 24.0 Å². The van der Waals surface area contributed by atoms with Gasteiger partial charge >= 0.3 is 0 Å². The summed E-state index contributed by atoms with van der Waals surface area (Å²) < 4.78 is 0. The van der Waals surface area contributed by atoms with Crippen molar-refractivity contribution in [1.82, 2.24) is 0 Å². The number of nitrogens with zero attached hydrogens (tertiary/aromatic N) is 1. The third kappa shape index (κ3) is 3.01. The van der Waals surface area contributed by atoms with E-state index >= 15 is 0 Å². The molecule has 2 heteroatoms. The van der Waals surface area contributed by atoms with E-state index in [1.54, 1.807) is 0 Å². The van der Waals surface area contributed by atoms with Gasteiger partial charge in [0.05, 0.1) is 13.2 Å². The average Bonchev–Trinajstić information content (AvgIpc) is 3.12. The van der Waals surface area contributed by atoms with E-state index < -0.39 is 0 Å². The van der Waals surface area contributed by atoms with Gasteiger partial charge in [0, 0.05) is 17.8 Å². The van der Waals surface area contributed by atoms with Crippen LogP contribution in [0.4, 0.5) is 5.69 Å². The predicted molar refractivity (Wildman–Crippen MR) is 70.9 cm³/mol. The summed E-state index contributed by atoms with van der Waals surface area (Å²) in [6.07, 6.45) is 8.04. The first-order valence-corrected chi connectivity index (χ1v) is 6.13. The lowest BCUT2D eigenvalue weighted by Gasteiger charge is -2.25. The van der Waals surface area contributed by atoms with Crippen LogP contribution in [0.15, 0.2) is 18.2 Å². The predicted octanol–water partition coefficient (Wildman–Crippen LogP) is 2.34. The van der Waals surface area contributed by atoms with Gasteiger partial charge in [-0.15, -0.1) is 6.42 Å². The van der Waals surface area contributed by atoms with Crippen molar-refractivity contribution in [3.63, 3.8) is 0 Å². The van der Waals surface area contributed by atoms with Crippen LogP contribution in [0, 0.1) is 25.2 Å². The summed E-state index contributed by atoms with van der Waals surface area (Å²) in [5.74, 6) is 3.50. The molecule has 0 amide bonds. The summed E-state index contributed by atoms with van der Waals surface area (Å²) in [7, 11) is 0. The second kappa shape index (κ2) is 5.25. The van der Waals surface area contributed by atoms with Crippen LogP contribution in [0.5, 0.6) is 0 Å². The fourth-order valence-corrected chi connectivity index (χ4v) is 2.12. The number of aliphatic hydroxyl groups is 1. The summed E-state index contributed by atoms with van der Waals surface area (Å²) in [4.78, 5) is 2.21. The molecule has 0 atom stereocenters. The van der Waals surface area contributed by atoms with Gasteiger partial charge in [-0.3, -0.25) is 0 Å². The smallest absolute Gasteiger partial charge is 0.0791 e. The first-order valence-electron chi connectivity index (χ1n) is 6.13. The minimum absolute atomic E-state index is 0.0722. The SMILES string of the molecule is C#CCN(CC1CC1)c1ccc(C)cc1CO. The van der Waals surface area contributed by atoms with Gasteiger partial charge < -0.3 is 10.0 Å². The van der Waals surface area contributed by atoms with E-state index in [9.17, 15) is 5.11 Å². The molecule has 0 spiro atoms. The summed E-state index contributed by atoms with van der Waals surface area (Å²) in [6, 6.07) is 6.18. The summed E-state index contributed by atoms with van der Waals surface area (Å²) >= 11 is 0. The molecule has 1 fully saturated rings. The Bertz CT molecular complexity index is 429. The maximum absolute atomic E-state index is 9.43. The molecule has 0 bridgehead atoms.